The van der Waals surface area contributed by atoms with Crippen molar-refractivity contribution in [3.8, 4) is 0 Å². The third-order valence-electron chi connectivity index (χ3n) is 2.28. The monoisotopic (exact) mass is 446 g/mol. The Morgan fingerprint density at radius 3 is 1.65 bits per heavy atom. The number of alkyl halides is 1. The maximum Gasteiger partial charge on any atom is 0.315 e. The number of nitrogens with zero attached hydrogens (tertiary/aromatic N) is 2. The second kappa shape index (κ2) is 19.0. The van der Waals surface area contributed by atoms with Crippen LogP contribution in [0.15, 0.2) is 0 Å². The van der Waals surface area contributed by atoms with Crippen LogP contribution in [0.25, 0.3) is 0 Å². The molecule has 0 rings (SSSR count). The maximum atomic E-state index is 10.5. The molecule has 13 heteroatoms. The zero-order valence-electron chi connectivity index (χ0n) is 15.0. The number of halogens is 1. The number of carbonyl (C=O) groups is 3. The summed E-state index contributed by atoms with van der Waals surface area (Å²) < 4.78 is 12.7. The van der Waals surface area contributed by atoms with Crippen molar-refractivity contribution >= 4 is 33.8 Å². The van der Waals surface area contributed by atoms with Crippen LogP contribution >= 0.6 is 15.9 Å². The predicted molar refractivity (Wildman–Crippen MR) is 92.0 cm³/mol. The van der Waals surface area contributed by atoms with E-state index in [1.165, 1.54) is 28.3 Å². The summed E-state index contributed by atoms with van der Waals surface area (Å²) in [4.78, 5) is 49.2. The summed E-state index contributed by atoms with van der Waals surface area (Å²) in [6, 6.07) is 0. The van der Waals surface area contributed by atoms with Crippen molar-refractivity contribution in [2.24, 2.45) is 5.92 Å². The lowest BCUT2D eigenvalue weighted by molar-refractivity contribution is -0.485. The molecule has 0 radical (unpaired) electrons. The zero-order valence-corrected chi connectivity index (χ0v) is 16.6. The predicted octanol–water partition coefficient (Wildman–Crippen LogP) is 0.843. The Morgan fingerprint density at radius 1 is 0.923 bits per heavy atom. The summed E-state index contributed by atoms with van der Waals surface area (Å²) in [5.41, 5.74) is 0. The number of carbonyl (C=O) groups excluding carboxylic acids is 3. The number of hydrogen-bond acceptors (Lipinski definition) is 10. The molecule has 26 heavy (non-hydrogen) atoms. The first-order chi connectivity index (χ1) is 12.0. The largest absolute Gasteiger partial charge is 0.469 e. The van der Waals surface area contributed by atoms with E-state index >= 15 is 0 Å². The summed E-state index contributed by atoms with van der Waals surface area (Å²) in [6.45, 7) is 0.730. The van der Waals surface area contributed by atoms with Crippen LogP contribution in [0.5, 0.6) is 0 Å². The van der Waals surface area contributed by atoms with Crippen LogP contribution < -0.4 is 0 Å². The molecule has 0 aliphatic carbocycles. The fraction of sp³-hybridized carbons (Fsp3) is 0.769. The number of ether oxygens (including phenoxy) is 3. The van der Waals surface area contributed by atoms with Gasteiger partial charge in [-0.05, 0) is 6.92 Å². The van der Waals surface area contributed by atoms with Gasteiger partial charge in [-0.25, -0.2) is 0 Å². The van der Waals surface area contributed by atoms with E-state index in [-0.39, 0.29) is 25.5 Å². The second-order valence-corrected chi connectivity index (χ2v) is 5.13. The van der Waals surface area contributed by atoms with Crippen molar-refractivity contribution in [2.75, 3.05) is 39.7 Å². The Bertz CT molecular complexity index is 458. The van der Waals surface area contributed by atoms with Gasteiger partial charge in [0.2, 0.25) is 13.1 Å². The smallest absolute Gasteiger partial charge is 0.315 e. The minimum absolute atomic E-state index is 0.149. The first-order valence-corrected chi connectivity index (χ1v) is 8.18. The summed E-state index contributed by atoms with van der Waals surface area (Å²) in [7, 11) is 3.78. The van der Waals surface area contributed by atoms with Gasteiger partial charge >= 0.3 is 17.9 Å². The molecule has 0 N–H and O–H groups in total. The molecule has 0 aliphatic rings. The third-order valence-corrected chi connectivity index (χ3v) is 2.68. The van der Waals surface area contributed by atoms with Crippen LogP contribution in [-0.4, -0.2) is 67.5 Å². The van der Waals surface area contributed by atoms with Gasteiger partial charge in [-0.3, -0.25) is 34.6 Å². The molecule has 0 bridgehead atoms. The van der Waals surface area contributed by atoms with E-state index in [4.69, 9.17) is 0 Å². The van der Waals surface area contributed by atoms with Crippen molar-refractivity contribution in [3.63, 3.8) is 0 Å². The van der Waals surface area contributed by atoms with Crippen LogP contribution in [0.1, 0.15) is 19.8 Å². The van der Waals surface area contributed by atoms with Crippen LogP contribution in [0, 0.1) is 26.1 Å². The Balaban J connectivity index is -0.000000310. The van der Waals surface area contributed by atoms with Gasteiger partial charge in [-0.15, -0.1) is 0 Å². The lowest BCUT2D eigenvalue weighted by atomic mass is 10.2. The zero-order chi connectivity index (χ0) is 21.1. The van der Waals surface area contributed by atoms with Crippen LogP contribution in [0.2, 0.25) is 0 Å². The first-order valence-electron chi connectivity index (χ1n) is 7.06. The molecule has 0 fully saturated rings. The number of esters is 3. The molecule has 0 heterocycles. The van der Waals surface area contributed by atoms with Gasteiger partial charge < -0.3 is 14.2 Å². The SMILES string of the molecule is COC(=O)C(C)C[N+](=O)[O-].COC(=O)CCBr.COC(=O)CC[N+](=O)[O-]. The van der Waals surface area contributed by atoms with Crippen LogP contribution in [0.4, 0.5) is 0 Å². The van der Waals surface area contributed by atoms with Crippen LogP contribution in [0.3, 0.4) is 0 Å². The van der Waals surface area contributed by atoms with E-state index in [1.807, 2.05) is 0 Å². The van der Waals surface area contributed by atoms with Gasteiger partial charge in [0.05, 0.1) is 27.8 Å². The van der Waals surface area contributed by atoms with Crippen molar-refractivity contribution < 1.29 is 38.4 Å². The van der Waals surface area contributed by atoms with E-state index in [0.717, 1.165) is 0 Å². The summed E-state index contributed by atoms with van der Waals surface area (Å²) in [5, 5.41) is 20.1. The van der Waals surface area contributed by atoms with E-state index < -0.39 is 27.7 Å². The second-order valence-electron chi connectivity index (χ2n) is 4.34. The molecule has 0 aromatic heterocycles. The fourth-order valence-electron chi connectivity index (χ4n) is 0.963. The highest BCUT2D eigenvalue weighted by atomic mass is 79.9. The molecular weight excluding hydrogens is 424 g/mol. The highest BCUT2D eigenvalue weighted by molar-refractivity contribution is 9.09. The molecule has 152 valence electrons. The third kappa shape index (κ3) is 23.9. The molecule has 1 unspecified atom stereocenters. The van der Waals surface area contributed by atoms with Gasteiger partial charge in [-0.2, -0.15) is 0 Å². The van der Waals surface area contributed by atoms with Crippen molar-refractivity contribution in [1.29, 1.82) is 0 Å². The molecule has 0 spiro atoms. The fourth-order valence-corrected chi connectivity index (χ4v) is 1.29. The summed E-state index contributed by atoms with van der Waals surface area (Å²) in [6.07, 6.45) is 0.306. The number of rotatable bonds is 8. The molecular formula is C13H23BrN2O10. The molecule has 0 aromatic carbocycles. The van der Waals surface area contributed by atoms with Gasteiger partial charge in [0.1, 0.15) is 12.3 Å². The van der Waals surface area contributed by atoms with Crippen molar-refractivity contribution in [1.82, 2.24) is 0 Å². The normalized spacial score (nSPS) is 9.88. The Morgan fingerprint density at radius 2 is 1.38 bits per heavy atom. The van der Waals surface area contributed by atoms with Gasteiger partial charge in [0, 0.05) is 15.2 Å². The van der Waals surface area contributed by atoms with Crippen molar-refractivity contribution in [3.05, 3.63) is 20.2 Å². The lowest BCUT2D eigenvalue weighted by Gasteiger charge is -2.01. The number of hydrogen-bond donors (Lipinski definition) is 0. The van der Waals surface area contributed by atoms with E-state index in [9.17, 15) is 34.6 Å². The quantitative estimate of drug-likeness (QED) is 0.171. The van der Waals surface area contributed by atoms with Crippen LogP contribution in [-0.2, 0) is 28.6 Å². The minimum atomic E-state index is -0.653. The Kier molecular flexibility index (Phi) is 20.8. The molecule has 0 amide bonds. The molecule has 0 saturated carbocycles. The molecule has 12 nitrogen and oxygen atoms in total. The number of nitro groups is 2. The van der Waals surface area contributed by atoms with Gasteiger partial charge in [0.15, 0.2) is 0 Å². The highest BCUT2D eigenvalue weighted by Crippen LogP contribution is 1.96. The van der Waals surface area contributed by atoms with E-state index in [0.29, 0.717) is 11.8 Å². The van der Waals surface area contributed by atoms with Gasteiger partial charge in [0.25, 0.3) is 0 Å². The summed E-state index contributed by atoms with van der Waals surface area (Å²) >= 11 is 3.09. The summed E-state index contributed by atoms with van der Waals surface area (Å²) in [5.74, 6) is -1.92. The standard InChI is InChI=1S/C5H9NO4.C4H7BrO2.C4H7NO4/c1-4(3-6(8)9)5(7)10-2;1-7-4(6)2-3-5;1-9-4(6)2-3-5(7)8/h4H,3H2,1-2H3;2-3H2,1H3;2-3H2,1H3. The lowest BCUT2D eigenvalue weighted by Crippen LogP contribution is -2.21. The number of methoxy groups -OCH3 is 3. The average molecular weight is 447 g/mol. The van der Waals surface area contributed by atoms with Crippen molar-refractivity contribution in [2.45, 2.75) is 19.8 Å². The van der Waals surface area contributed by atoms with E-state index in [2.05, 4.69) is 30.1 Å². The average Bonchev–Trinajstić information content (AvgIpc) is 2.59. The molecule has 0 aromatic rings. The van der Waals surface area contributed by atoms with E-state index in [1.54, 1.807) is 0 Å². The molecule has 1 atom stereocenters. The highest BCUT2D eigenvalue weighted by Gasteiger charge is 2.18. The Labute approximate surface area is 158 Å². The topological polar surface area (TPSA) is 165 Å². The Hall–Kier alpha value is -2.31. The van der Waals surface area contributed by atoms with Gasteiger partial charge in [-0.1, -0.05) is 15.9 Å². The molecule has 0 saturated heterocycles. The minimum Gasteiger partial charge on any atom is -0.469 e. The molecule has 0 aliphatic heterocycles. The first kappa shape index (κ1) is 28.5. The maximum absolute atomic E-state index is 10.5.